The van der Waals surface area contributed by atoms with E-state index >= 15 is 0 Å². The largest absolute Gasteiger partial charge is 0.393 e. The number of hydrogen-bond acceptors (Lipinski definition) is 3. The van der Waals surface area contributed by atoms with Crippen molar-refractivity contribution in [3.05, 3.63) is 11.6 Å². The Bertz CT molecular complexity index is 556. The summed E-state index contributed by atoms with van der Waals surface area (Å²) in [7, 11) is 0. The van der Waals surface area contributed by atoms with Gasteiger partial charge in [-0.25, -0.2) is 0 Å². The third-order valence-electron chi connectivity index (χ3n) is 8.36. The van der Waals surface area contributed by atoms with E-state index in [0.29, 0.717) is 42.4 Å². The smallest absolute Gasteiger partial charge is 0.155 e. The first kappa shape index (κ1) is 15.8. The maximum absolute atomic E-state index is 11.9. The van der Waals surface area contributed by atoms with E-state index in [-0.39, 0.29) is 16.9 Å². The lowest BCUT2D eigenvalue weighted by molar-refractivity contribution is -0.118. The van der Waals surface area contributed by atoms with Crippen molar-refractivity contribution in [1.82, 2.24) is 0 Å². The van der Waals surface area contributed by atoms with Crippen LogP contribution in [-0.2, 0) is 4.79 Å². The first-order chi connectivity index (χ1) is 10.9. The molecule has 0 aliphatic heterocycles. The highest BCUT2D eigenvalue weighted by Gasteiger charge is 2.61. The van der Waals surface area contributed by atoms with Crippen molar-refractivity contribution in [3.8, 4) is 0 Å². The van der Waals surface area contributed by atoms with Crippen LogP contribution in [0.25, 0.3) is 0 Å². The van der Waals surface area contributed by atoms with Gasteiger partial charge in [0.1, 0.15) is 0 Å². The first-order valence-corrected chi connectivity index (χ1v) is 9.52. The van der Waals surface area contributed by atoms with Crippen LogP contribution in [0.4, 0.5) is 0 Å². The van der Waals surface area contributed by atoms with Crippen molar-refractivity contribution in [1.29, 1.82) is 0 Å². The number of allylic oxidation sites excluding steroid dienone is 1. The van der Waals surface area contributed by atoms with Crippen LogP contribution in [0.2, 0.25) is 0 Å². The van der Waals surface area contributed by atoms with E-state index in [9.17, 15) is 9.90 Å². The molecule has 3 N–H and O–H groups in total. The molecular weight excluding hydrogens is 286 g/mol. The lowest BCUT2D eigenvalue weighted by Gasteiger charge is -2.58. The first-order valence-electron chi connectivity index (χ1n) is 9.52. The Morgan fingerprint density at radius 1 is 1.26 bits per heavy atom. The van der Waals surface area contributed by atoms with Gasteiger partial charge in [0.15, 0.2) is 5.78 Å². The molecule has 1 unspecified atom stereocenters. The fourth-order valence-corrected chi connectivity index (χ4v) is 7.06. The molecule has 0 bridgehead atoms. The lowest BCUT2D eigenvalue weighted by atomic mass is 9.46. The van der Waals surface area contributed by atoms with Crippen molar-refractivity contribution in [2.75, 3.05) is 6.54 Å². The Morgan fingerprint density at radius 2 is 2.04 bits per heavy atom. The average molecular weight is 317 g/mol. The summed E-state index contributed by atoms with van der Waals surface area (Å²) in [5.41, 5.74) is 7.79. The Labute approximate surface area is 139 Å². The van der Waals surface area contributed by atoms with Crippen LogP contribution in [-0.4, -0.2) is 23.5 Å². The molecule has 0 amide bonds. The number of carbonyl (C=O) groups is 1. The van der Waals surface area contributed by atoms with Gasteiger partial charge in [0.2, 0.25) is 0 Å². The molecule has 0 aromatic heterocycles. The summed E-state index contributed by atoms with van der Waals surface area (Å²) in [5.74, 6) is 2.72. The van der Waals surface area contributed by atoms with Crippen molar-refractivity contribution >= 4 is 5.78 Å². The van der Waals surface area contributed by atoms with Gasteiger partial charge in [-0.15, -0.1) is 0 Å². The predicted octanol–water partition coefficient (Wildman–Crippen LogP) is 3.06. The van der Waals surface area contributed by atoms with Crippen LogP contribution in [0.1, 0.15) is 58.8 Å². The van der Waals surface area contributed by atoms with Crippen molar-refractivity contribution in [3.63, 3.8) is 0 Å². The van der Waals surface area contributed by atoms with E-state index in [1.807, 2.05) is 6.08 Å². The van der Waals surface area contributed by atoms with Crippen molar-refractivity contribution in [2.45, 2.75) is 64.9 Å². The van der Waals surface area contributed by atoms with Crippen molar-refractivity contribution < 1.29 is 9.90 Å². The quantitative estimate of drug-likeness (QED) is 0.781. The van der Waals surface area contributed by atoms with Gasteiger partial charge >= 0.3 is 0 Å². The summed E-state index contributed by atoms with van der Waals surface area (Å²) < 4.78 is 0. The number of hydrogen-bond donors (Lipinski definition) is 2. The Balaban J connectivity index is 1.71. The zero-order valence-corrected chi connectivity index (χ0v) is 14.6. The SMILES string of the molecule is C[C@]12CC[C@H]3[C@@H](CCC4=CC(=O)CC[C@@]43C)[C@@H]1C(CN)C[C@@H]2O. The van der Waals surface area contributed by atoms with Crippen LogP contribution in [0.15, 0.2) is 11.6 Å². The molecule has 0 heterocycles. The van der Waals surface area contributed by atoms with E-state index < -0.39 is 0 Å². The standard InChI is InChI=1S/C20H31NO2/c1-19-7-5-14(22)10-13(19)3-4-15-16(19)6-8-20(2)17(23)9-12(11-21)18(15)20/h10,12,15-18,23H,3-9,11,21H2,1-2H3/t12?,15-,16+,17+,18+,19+,20-/m1/s1. The van der Waals surface area contributed by atoms with E-state index in [4.69, 9.17) is 5.73 Å². The Kier molecular flexibility index (Phi) is 3.55. The second kappa shape index (κ2) is 5.16. The molecular formula is C20H31NO2. The molecule has 0 spiro atoms. The second-order valence-corrected chi connectivity index (χ2v) is 9.18. The van der Waals surface area contributed by atoms with E-state index in [1.165, 1.54) is 18.4 Å². The highest BCUT2D eigenvalue weighted by atomic mass is 16.3. The molecule has 0 radical (unpaired) electrons. The minimum absolute atomic E-state index is 0.0628. The molecule has 4 aliphatic carbocycles. The Morgan fingerprint density at radius 3 is 2.78 bits per heavy atom. The molecule has 3 heteroatoms. The van der Waals surface area contributed by atoms with Gasteiger partial charge < -0.3 is 10.8 Å². The molecule has 4 rings (SSSR count). The van der Waals surface area contributed by atoms with Gasteiger partial charge in [-0.2, -0.15) is 0 Å². The third-order valence-corrected chi connectivity index (χ3v) is 8.36. The summed E-state index contributed by atoms with van der Waals surface area (Å²) >= 11 is 0. The molecule has 3 saturated carbocycles. The summed E-state index contributed by atoms with van der Waals surface area (Å²) in [5, 5.41) is 10.7. The third kappa shape index (κ3) is 2.05. The number of rotatable bonds is 1. The second-order valence-electron chi connectivity index (χ2n) is 9.18. The zero-order valence-electron chi connectivity index (χ0n) is 14.6. The van der Waals surface area contributed by atoms with Crippen LogP contribution >= 0.6 is 0 Å². The molecule has 7 atom stereocenters. The predicted molar refractivity (Wildman–Crippen MR) is 90.6 cm³/mol. The molecule has 0 aromatic rings. The number of ketones is 1. The average Bonchev–Trinajstić information content (AvgIpc) is 2.79. The molecule has 3 nitrogen and oxygen atoms in total. The van der Waals surface area contributed by atoms with Gasteiger partial charge in [0.05, 0.1) is 6.10 Å². The summed E-state index contributed by atoms with van der Waals surface area (Å²) in [6.07, 6.45) is 9.00. The van der Waals surface area contributed by atoms with Crippen LogP contribution in [0.5, 0.6) is 0 Å². The van der Waals surface area contributed by atoms with Gasteiger partial charge in [0.25, 0.3) is 0 Å². The normalized spacial score (nSPS) is 52.4. The fourth-order valence-electron chi connectivity index (χ4n) is 7.06. The lowest BCUT2D eigenvalue weighted by Crippen LogP contribution is -2.52. The highest BCUT2D eigenvalue weighted by Crippen LogP contribution is 2.66. The maximum Gasteiger partial charge on any atom is 0.155 e. The molecule has 4 aliphatic rings. The van der Waals surface area contributed by atoms with E-state index in [1.54, 1.807) is 0 Å². The Hall–Kier alpha value is -0.670. The summed E-state index contributed by atoms with van der Waals surface area (Å²) in [6, 6.07) is 0. The number of carbonyl (C=O) groups excluding carboxylic acids is 1. The molecule has 0 aromatic carbocycles. The van der Waals surface area contributed by atoms with Crippen LogP contribution < -0.4 is 5.73 Å². The highest BCUT2D eigenvalue weighted by molar-refractivity contribution is 5.91. The topological polar surface area (TPSA) is 63.3 Å². The summed E-state index contributed by atoms with van der Waals surface area (Å²) in [4.78, 5) is 11.9. The maximum atomic E-state index is 11.9. The molecule has 128 valence electrons. The van der Waals surface area contributed by atoms with Gasteiger partial charge in [-0.1, -0.05) is 19.4 Å². The summed E-state index contributed by atoms with van der Waals surface area (Å²) in [6.45, 7) is 5.43. The minimum atomic E-state index is -0.181. The number of nitrogens with two attached hydrogens (primary N) is 1. The van der Waals surface area contributed by atoms with Crippen molar-refractivity contribution in [2.24, 2.45) is 40.2 Å². The van der Waals surface area contributed by atoms with Gasteiger partial charge in [-0.3, -0.25) is 4.79 Å². The molecule has 23 heavy (non-hydrogen) atoms. The fraction of sp³-hybridized carbons (Fsp3) is 0.850. The number of fused-ring (bicyclic) bond motifs is 5. The van der Waals surface area contributed by atoms with Crippen LogP contribution in [0, 0.1) is 34.5 Å². The number of aliphatic hydroxyl groups excluding tert-OH is 1. The van der Waals surface area contributed by atoms with E-state index in [2.05, 4.69) is 13.8 Å². The zero-order chi connectivity index (χ0) is 16.4. The monoisotopic (exact) mass is 317 g/mol. The molecule has 0 saturated heterocycles. The van der Waals surface area contributed by atoms with Gasteiger partial charge in [-0.05, 0) is 85.6 Å². The van der Waals surface area contributed by atoms with E-state index in [0.717, 1.165) is 25.7 Å². The van der Waals surface area contributed by atoms with Crippen LogP contribution in [0.3, 0.4) is 0 Å². The number of aliphatic hydroxyl groups is 1. The minimum Gasteiger partial charge on any atom is -0.393 e. The van der Waals surface area contributed by atoms with Gasteiger partial charge in [0, 0.05) is 6.42 Å². The molecule has 3 fully saturated rings.